The van der Waals surface area contributed by atoms with Gasteiger partial charge in [-0.1, -0.05) is 0 Å². The van der Waals surface area contributed by atoms with Crippen LogP contribution in [0.25, 0.3) is 0 Å². The minimum Gasteiger partial charge on any atom is -0.357 e. The van der Waals surface area contributed by atoms with E-state index >= 15 is 0 Å². The van der Waals surface area contributed by atoms with Gasteiger partial charge in [0.05, 0.1) is 5.41 Å². The van der Waals surface area contributed by atoms with Crippen LogP contribution in [0.2, 0.25) is 0 Å². The van der Waals surface area contributed by atoms with Crippen molar-refractivity contribution in [3.63, 3.8) is 0 Å². The third kappa shape index (κ3) is 0.560. The van der Waals surface area contributed by atoms with Crippen LogP contribution in [-0.2, 0) is 9.53 Å². The first-order valence-electron chi connectivity index (χ1n) is 3.66. The van der Waals surface area contributed by atoms with E-state index in [1.54, 1.807) is 0 Å². The largest absolute Gasteiger partial charge is 0.357 e. The number of carbonyl (C=O) groups is 1. The highest BCUT2D eigenvalue weighted by Crippen LogP contribution is 2.39. The number of rotatable bonds is 0. The smallest absolute Gasteiger partial charge is 0.232 e. The van der Waals surface area contributed by atoms with Crippen molar-refractivity contribution in [2.24, 2.45) is 5.41 Å². The number of nitrogens with one attached hydrogen (secondary N) is 1. The predicted molar refractivity (Wildman–Crippen MR) is 35.2 cm³/mol. The second-order valence-corrected chi connectivity index (χ2v) is 3.25. The van der Waals surface area contributed by atoms with Gasteiger partial charge in [-0.25, -0.2) is 0 Å². The Morgan fingerprint density at radius 3 is 3.10 bits per heavy atom. The van der Waals surface area contributed by atoms with Crippen molar-refractivity contribution < 1.29 is 9.53 Å². The molecule has 0 aromatic heterocycles. The van der Waals surface area contributed by atoms with E-state index in [1.807, 2.05) is 6.92 Å². The van der Waals surface area contributed by atoms with Gasteiger partial charge in [0.2, 0.25) is 5.91 Å². The minimum absolute atomic E-state index is 0.00810. The summed E-state index contributed by atoms with van der Waals surface area (Å²) in [5.41, 5.74) is -0.196. The zero-order valence-corrected chi connectivity index (χ0v) is 6.02. The topological polar surface area (TPSA) is 38.3 Å². The Hall–Kier alpha value is -0.570. The molecular formula is C7H11NO2. The summed E-state index contributed by atoms with van der Waals surface area (Å²) >= 11 is 0. The molecule has 1 amide bonds. The molecule has 0 aromatic carbocycles. The van der Waals surface area contributed by atoms with Crippen molar-refractivity contribution in [3.8, 4) is 0 Å². The van der Waals surface area contributed by atoms with E-state index in [9.17, 15) is 4.79 Å². The van der Waals surface area contributed by atoms with Crippen molar-refractivity contribution >= 4 is 5.91 Å². The van der Waals surface area contributed by atoms with Gasteiger partial charge in [0.1, 0.15) is 6.23 Å². The van der Waals surface area contributed by atoms with Crippen LogP contribution < -0.4 is 5.32 Å². The van der Waals surface area contributed by atoms with E-state index in [4.69, 9.17) is 4.74 Å². The van der Waals surface area contributed by atoms with Gasteiger partial charge in [-0.2, -0.15) is 0 Å². The average molecular weight is 141 g/mol. The summed E-state index contributed by atoms with van der Waals surface area (Å²) in [5, 5.41) is 2.72. The van der Waals surface area contributed by atoms with E-state index in [1.165, 1.54) is 0 Å². The lowest BCUT2D eigenvalue weighted by molar-refractivity contribution is -0.183. The quantitative estimate of drug-likeness (QED) is 0.491. The van der Waals surface area contributed by atoms with Crippen molar-refractivity contribution in [2.75, 3.05) is 6.61 Å². The molecule has 2 saturated heterocycles. The van der Waals surface area contributed by atoms with Crippen LogP contribution in [-0.4, -0.2) is 18.7 Å². The van der Waals surface area contributed by atoms with Crippen LogP contribution in [0.3, 0.4) is 0 Å². The summed E-state index contributed by atoms with van der Waals surface area (Å²) in [5.74, 6) is 0.150. The molecule has 3 nitrogen and oxygen atoms in total. The van der Waals surface area contributed by atoms with E-state index in [0.717, 1.165) is 19.4 Å². The molecule has 0 saturated carbocycles. The second kappa shape index (κ2) is 1.72. The number of fused-ring (bicyclic) bond motifs is 1. The molecule has 0 bridgehead atoms. The normalized spacial score (nSPS) is 45.3. The molecular weight excluding hydrogens is 130 g/mol. The van der Waals surface area contributed by atoms with Gasteiger partial charge >= 0.3 is 0 Å². The summed E-state index contributed by atoms with van der Waals surface area (Å²) in [7, 11) is 0. The zero-order chi connectivity index (χ0) is 7.19. The molecule has 2 heterocycles. The van der Waals surface area contributed by atoms with Crippen molar-refractivity contribution in [2.45, 2.75) is 26.0 Å². The monoisotopic (exact) mass is 141 g/mol. The molecule has 2 rings (SSSR count). The van der Waals surface area contributed by atoms with Crippen LogP contribution in [0.1, 0.15) is 19.8 Å². The Bertz CT molecular complexity index is 180. The van der Waals surface area contributed by atoms with Crippen molar-refractivity contribution in [3.05, 3.63) is 0 Å². The Kier molecular flexibility index (Phi) is 1.06. The number of amides is 1. The molecule has 2 aliphatic rings. The van der Waals surface area contributed by atoms with Crippen LogP contribution in [0.15, 0.2) is 0 Å². The number of hydrogen-bond donors (Lipinski definition) is 1. The molecule has 10 heavy (non-hydrogen) atoms. The molecule has 2 fully saturated rings. The van der Waals surface area contributed by atoms with Crippen molar-refractivity contribution in [1.29, 1.82) is 0 Å². The van der Waals surface area contributed by atoms with Gasteiger partial charge in [-0.3, -0.25) is 4.79 Å². The maximum absolute atomic E-state index is 11.0. The van der Waals surface area contributed by atoms with Gasteiger partial charge < -0.3 is 10.1 Å². The molecule has 0 aromatic rings. The van der Waals surface area contributed by atoms with Crippen LogP contribution in [0.5, 0.6) is 0 Å². The molecule has 2 atom stereocenters. The fraction of sp³-hybridized carbons (Fsp3) is 0.857. The summed E-state index contributed by atoms with van der Waals surface area (Å²) in [6, 6.07) is 0. The van der Waals surface area contributed by atoms with Crippen LogP contribution in [0, 0.1) is 5.41 Å². The first-order chi connectivity index (χ1) is 4.73. The summed E-state index contributed by atoms with van der Waals surface area (Å²) in [6.07, 6.45) is 2.00. The molecule has 2 unspecified atom stereocenters. The molecule has 56 valence electrons. The van der Waals surface area contributed by atoms with Crippen molar-refractivity contribution in [1.82, 2.24) is 5.32 Å². The Labute approximate surface area is 59.7 Å². The summed E-state index contributed by atoms with van der Waals surface area (Å²) in [4.78, 5) is 11.0. The number of β-lactam (4-membered cyclic amide) rings is 1. The lowest BCUT2D eigenvalue weighted by Gasteiger charge is -2.48. The second-order valence-electron chi connectivity index (χ2n) is 3.25. The SMILES string of the molecule is CC12CCCOC1NC2=O. The Balaban J connectivity index is 2.15. The van der Waals surface area contributed by atoms with E-state index in [0.29, 0.717) is 0 Å². The van der Waals surface area contributed by atoms with E-state index in [2.05, 4.69) is 5.32 Å². The fourth-order valence-electron chi connectivity index (χ4n) is 1.60. The highest BCUT2D eigenvalue weighted by Gasteiger charge is 2.53. The highest BCUT2D eigenvalue weighted by molar-refractivity contribution is 5.89. The Morgan fingerprint density at radius 2 is 2.60 bits per heavy atom. The zero-order valence-electron chi connectivity index (χ0n) is 6.02. The summed E-state index contributed by atoms with van der Waals surface area (Å²) in [6.45, 7) is 2.76. The standard InChI is InChI=1S/C7H11NO2/c1-7-3-2-4-10-6(7)8-5(7)9/h6H,2-4H2,1H3,(H,8,9). The lowest BCUT2D eigenvalue weighted by Crippen LogP contribution is -2.68. The average Bonchev–Trinajstić information content (AvgIpc) is 1.93. The molecule has 0 aliphatic carbocycles. The molecule has 2 aliphatic heterocycles. The third-order valence-corrected chi connectivity index (χ3v) is 2.48. The van der Waals surface area contributed by atoms with Crippen LogP contribution in [0.4, 0.5) is 0 Å². The molecule has 3 heteroatoms. The van der Waals surface area contributed by atoms with Gasteiger partial charge in [0, 0.05) is 6.61 Å². The van der Waals surface area contributed by atoms with Gasteiger partial charge in [0.15, 0.2) is 0 Å². The maximum Gasteiger partial charge on any atom is 0.232 e. The van der Waals surface area contributed by atoms with Crippen LogP contribution >= 0.6 is 0 Å². The number of hydrogen-bond acceptors (Lipinski definition) is 2. The van der Waals surface area contributed by atoms with E-state index in [-0.39, 0.29) is 17.6 Å². The predicted octanol–water partition coefficient (Wildman–Crippen LogP) is 0.259. The number of carbonyl (C=O) groups excluding carboxylic acids is 1. The minimum atomic E-state index is -0.196. The third-order valence-electron chi connectivity index (χ3n) is 2.48. The molecule has 0 spiro atoms. The first-order valence-corrected chi connectivity index (χ1v) is 3.66. The van der Waals surface area contributed by atoms with Gasteiger partial charge in [0.25, 0.3) is 0 Å². The van der Waals surface area contributed by atoms with Gasteiger partial charge in [-0.15, -0.1) is 0 Å². The lowest BCUT2D eigenvalue weighted by atomic mass is 9.75. The maximum atomic E-state index is 11.0. The molecule has 0 radical (unpaired) electrons. The number of ether oxygens (including phenoxy) is 1. The highest BCUT2D eigenvalue weighted by atomic mass is 16.5. The fourth-order valence-corrected chi connectivity index (χ4v) is 1.60. The Morgan fingerprint density at radius 1 is 1.80 bits per heavy atom. The van der Waals surface area contributed by atoms with E-state index < -0.39 is 0 Å². The first kappa shape index (κ1) is 6.16. The molecule has 1 N–H and O–H groups in total. The summed E-state index contributed by atoms with van der Waals surface area (Å²) < 4.78 is 5.32. The van der Waals surface area contributed by atoms with Gasteiger partial charge in [-0.05, 0) is 19.8 Å².